The van der Waals surface area contributed by atoms with E-state index in [4.69, 9.17) is 11.6 Å². The van der Waals surface area contributed by atoms with Gasteiger partial charge in [-0.3, -0.25) is 9.36 Å². The molecule has 0 atom stereocenters. The third kappa shape index (κ3) is 3.13. The van der Waals surface area contributed by atoms with Crippen LogP contribution in [-0.4, -0.2) is 21.1 Å². The third-order valence-corrected chi connectivity index (χ3v) is 4.08. The van der Waals surface area contributed by atoms with Crippen molar-refractivity contribution in [3.8, 4) is 0 Å². The minimum Gasteiger partial charge on any atom is -0.297 e. The molecule has 0 aliphatic rings. The van der Waals surface area contributed by atoms with Crippen LogP contribution in [0.3, 0.4) is 0 Å². The molecule has 0 aliphatic carbocycles. The van der Waals surface area contributed by atoms with Crippen LogP contribution in [0.25, 0.3) is 0 Å². The number of rotatable bonds is 4. The summed E-state index contributed by atoms with van der Waals surface area (Å²) >= 11 is 9.43. The highest BCUT2D eigenvalue weighted by molar-refractivity contribution is 14.1. The Bertz CT molecular complexity index is 369. The maximum absolute atomic E-state index is 11.6. The molecule has 1 aromatic heterocycles. The Hall–Kier alpha value is 0.250. The summed E-state index contributed by atoms with van der Waals surface area (Å²) in [5.74, 6) is 1.99. The highest BCUT2D eigenvalue weighted by Crippen LogP contribution is 2.09. The van der Waals surface area contributed by atoms with E-state index in [0.29, 0.717) is 10.1 Å². The number of hydrogen-bond donors (Lipinski definition) is 0. The van der Waals surface area contributed by atoms with Gasteiger partial charge >= 0.3 is 0 Å². The van der Waals surface area contributed by atoms with Crippen LogP contribution in [0, 0.1) is 3.57 Å². The van der Waals surface area contributed by atoms with Gasteiger partial charge in [0.25, 0.3) is 5.56 Å². The molecule has 0 saturated heterocycles. The Labute approximate surface area is 105 Å². The molecule has 14 heavy (non-hydrogen) atoms. The summed E-state index contributed by atoms with van der Waals surface area (Å²) in [6, 6.07) is 0. The zero-order valence-corrected chi connectivity index (χ0v) is 11.4. The average Bonchev–Trinajstić information content (AvgIpc) is 2.18. The number of aromatic nitrogens is 2. The van der Waals surface area contributed by atoms with Crippen LogP contribution in [-0.2, 0) is 6.54 Å². The van der Waals surface area contributed by atoms with Crippen molar-refractivity contribution in [1.82, 2.24) is 9.55 Å². The van der Waals surface area contributed by atoms with Crippen molar-refractivity contribution >= 4 is 46.0 Å². The Morgan fingerprint density at radius 1 is 1.71 bits per heavy atom. The molecule has 0 aromatic carbocycles. The predicted octanol–water partition coefficient (Wildman–Crippen LogP) is 2.25. The van der Waals surface area contributed by atoms with Gasteiger partial charge < -0.3 is 0 Å². The van der Waals surface area contributed by atoms with Crippen LogP contribution in [0.2, 0.25) is 5.15 Å². The Kier molecular flexibility index (Phi) is 5.25. The Balaban J connectivity index is 2.79. The van der Waals surface area contributed by atoms with E-state index in [-0.39, 0.29) is 10.7 Å². The topological polar surface area (TPSA) is 34.9 Å². The number of nitrogens with zero attached hydrogens (tertiary/aromatic N) is 2. The molecule has 0 saturated carbocycles. The molecular formula is C8H10ClIN2OS. The lowest BCUT2D eigenvalue weighted by atomic mass is 10.6. The highest BCUT2D eigenvalue weighted by atomic mass is 127. The van der Waals surface area contributed by atoms with Crippen LogP contribution in [0.5, 0.6) is 0 Å². The summed E-state index contributed by atoms with van der Waals surface area (Å²) in [7, 11) is 0. The van der Waals surface area contributed by atoms with Crippen molar-refractivity contribution in [2.75, 3.05) is 11.5 Å². The maximum Gasteiger partial charge on any atom is 0.268 e. The van der Waals surface area contributed by atoms with E-state index >= 15 is 0 Å². The SMILES string of the molecule is CCSCCn1cnc(Cl)c(I)c1=O. The molecule has 6 heteroatoms. The molecular weight excluding hydrogens is 335 g/mol. The second-order valence-electron chi connectivity index (χ2n) is 2.54. The number of halogens is 2. The second-order valence-corrected chi connectivity index (χ2v) is 5.38. The molecule has 0 aliphatic heterocycles. The molecule has 0 bridgehead atoms. The fourth-order valence-electron chi connectivity index (χ4n) is 0.910. The molecule has 0 amide bonds. The zero-order chi connectivity index (χ0) is 10.6. The van der Waals surface area contributed by atoms with Gasteiger partial charge in [-0.05, 0) is 28.3 Å². The van der Waals surface area contributed by atoms with Crippen LogP contribution in [0.15, 0.2) is 11.1 Å². The first-order chi connectivity index (χ1) is 6.66. The third-order valence-electron chi connectivity index (χ3n) is 1.62. The van der Waals surface area contributed by atoms with Crippen molar-refractivity contribution in [2.24, 2.45) is 0 Å². The molecule has 1 aromatic rings. The van der Waals surface area contributed by atoms with Gasteiger partial charge in [0.1, 0.15) is 8.72 Å². The standard InChI is InChI=1S/C8H10ClIN2OS/c1-2-14-4-3-12-5-11-7(9)6(10)8(12)13/h5H,2-4H2,1H3. The molecule has 0 fully saturated rings. The van der Waals surface area contributed by atoms with Gasteiger partial charge in [-0.15, -0.1) is 0 Å². The maximum atomic E-state index is 11.6. The minimum absolute atomic E-state index is 0.0534. The summed E-state index contributed by atoms with van der Waals surface area (Å²) in [6.07, 6.45) is 1.50. The van der Waals surface area contributed by atoms with Crippen molar-refractivity contribution in [1.29, 1.82) is 0 Å². The summed E-state index contributed by atoms with van der Waals surface area (Å²) in [4.78, 5) is 15.5. The Morgan fingerprint density at radius 2 is 2.43 bits per heavy atom. The zero-order valence-electron chi connectivity index (χ0n) is 7.67. The van der Waals surface area contributed by atoms with Crippen LogP contribution < -0.4 is 5.56 Å². The molecule has 78 valence electrons. The van der Waals surface area contributed by atoms with E-state index < -0.39 is 0 Å². The molecule has 1 heterocycles. The normalized spacial score (nSPS) is 10.5. The number of thioether (sulfide) groups is 1. The first-order valence-electron chi connectivity index (χ1n) is 4.15. The number of hydrogen-bond acceptors (Lipinski definition) is 3. The van der Waals surface area contributed by atoms with Crippen molar-refractivity contribution in [3.63, 3.8) is 0 Å². The van der Waals surface area contributed by atoms with E-state index in [1.807, 2.05) is 22.6 Å². The smallest absolute Gasteiger partial charge is 0.268 e. The molecule has 3 nitrogen and oxygen atoms in total. The first-order valence-corrected chi connectivity index (χ1v) is 6.76. The van der Waals surface area contributed by atoms with Crippen LogP contribution >= 0.6 is 46.0 Å². The lowest BCUT2D eigenvalue weighted by Gasteiger charge is -2.04. The quantitative estimate of drug-likeness (QED) is 0.477. The minimum atomic E-state index is -0.0534. The van der Waals surface area contributed by atoms with Gasteiger partial charge in [-0.2, -0.15) is 11.8 Å². The van der Waals surface area contributed by atoms with E-state index in [1.165, 1.54) is 6.33 Å². The van der Waals surface area contributed by atoms with E-state index in [9.17, 15) is 4.79 Å². The van der Waals surface area contributed by atoms with Gasteiger partial charge in [-0.1, -0.05) is 18.5 Å². The average molecular weight is 345 g/mol. The van der Waals surface area contributed by atoms with Gasteiger partial charge in [0.15, 0.2) is 0 Å². The largest absolute Gasteiger partial charge is 0.297 e. The lowest BCUT2D eigenvalue weighted by Crippen LogP contribution is -2.24. The summed E-state index contributed by atoms with van der Waals surface area (Å²) in [5.41, 5.74) is -0.0534. The fourth-order valence-corrected chi connectivity index (χ4v) is 2.10. The first kappa shape index (κ1) is 12.3. The summed E-state index contributed by atoms with van der Waals surface area (Å²) < 4.78 is 2.09. The van der Waals surface area contributed by atoms with E-state index in [1.54, 1.807) is 16.3 Å². The molecule has 0 N–H and O–H groups in total. The van der Waals surface area contributed by atoms with Crippen LogP contribution in [0.1, 0.15) is 6.92 Å². The molecule has 0 unspecified atom stereocenters. The number of aryl methyl sites for hydroxylation is 1. The van der Waals surface area contributed by atoms with Gasteiger partial charge in [0.2, 0.25) is 0 Å². The van der Waals surface area contributed by atoms with Gasteiger partial charge in [0.05, 0.1) is 6.33 Å². The second kappa shape index (κ2) is 5.97. The van der Waals surface area contributed by atoms with Crippen LogP contribution in [0.4, 0.5) is 0 Å². The summed E-state index contributed by atoms with van der Waals surface area (Å²) in [6.45, 7) is 2.79. The van der Waals surface area contributed by atoms with E-state index in [2.05, 4.69) is 11.9 Å². The monoisotopic (exact) mass is 344 g/mol. The van der Waals surface area contributed by atoms with Crippen molar-refractivity contribution < 1.29 is 0 Å². The highest BCUT2D eigenvalue weighted by Gasteiger charge is 2.05. The molecule has 0 spiro atoms. The summed E-state index contributed by atoms with van der Waals surface area (Å²) in [5, 5.41) is 0.287. The molecule has 0 radical (unpaired) electrons. The van der Waals surface area contributed by atoms with Gasteiger partial charge in [0, 0.05) is 12.3 Å². The Morgan fingerprint density at radius 3 is 3.07 bits per heavy atom. The van der Waals surface area contributed by atoms with Crippen molar-refractivity contribution in [3.05, 3.63) is 25.4 Å². The van der Waals surface area contributed by atoms with Crippen molar-refractivity contribution in [2.45, 2.75) is 13.5 Å². The molecule has 1 rings (SSSR count). The van der Waals surface area contributed by atoms with Gasteiger partial charge in [-0.25, -0.2) is 4.98 Å². The fraction of sp³-hybridized carbons (Fsp3) is 0.500. The lowest BCUT2D eigenvalue weighted by molar-refractivity contribution is 0.709. The predicted molar refractivity (Wildman–Crippen MR) is 69.2 cm³/mol. The van der Waals surface area contributed by atoms with E-state index in [0.717, 1.165) is 11.5 Å².